The molecule has 0 atom stereocenters. The molecule has 2 rings (SSSR count). The second-order valence-electron chi connectivity index (χ2n) is 4.89. The maximum Gasteiger partial charge on any atom is 0.253 e. The van der Waals surface area contributed by atoms with Gasteiger partial charge in [0.1, 0.15) is 0 Å². The second-order valence-corrected chi connectivity index (χ2v) is 6.59. The fraction of sp³-hybridized carbons (Fsp3) is 0.500. The minimum atomic E-state index is -0.693. The van der Waals surface area contributed by atoms with Gasteiger partial charge in [-0.25, -0.2) is 0 Å². The summed E-state index contributed by atoms with van der Waals surface area (Å²) in [5.74, 6) is 1.33. The molecule has 0 aliphatic carbocycles. The standard InChI is InChI=1S/C14H20N2O2S/c1-10-3-4-12(13(9-10)15-2)14(17)16-11-5-7-19(18)8-6-11/h3-4,9,11,15H,5-8H2,1-2H3,(H,16,17). The van der Waals surface area contributed by atoms with Crippen LogP contribution < -0.4 is 10.6 Å². The number of carbonyl (C=O) groups is 1. The average molecular weight is 280 g/mol. The van der Waals surface area contributed by atoms with Crippen LogP contribution >= 0.6 is 0 Å². The summed E-state index contributed by atoms with van der Waals surface area (Å²) in [6, 6.07) is 5.89. The first-order valence-corrected chi connectivity index (χ1v) is 8.03. The number of anilines is 1. The van der Waals surface area contributed by atoms with E-state index in [-0.39, 0.29) is 11.9 Å². The molecular formula is C14H20N2O2S. The van der Waals surface area contributed by atoms with Crippen LogP contribution in [0.4, 0.5) is 5.69 Å². The molecule has 0 radical (unpaired) electrons. The Kier molecular flexibility index (Phi) is 4.58. The van der Waals surface area contributed by atoms with E-state index in [0.29, 0.717) is 17.1 Å². The summed E-state index contributed by atoms with van der Waals surface area (Å²) in [5, 5.41) is 6.09. The molecule has 1 aromatic carbocycles. The molecule has 0 bridgehead atoms. The van der Waals surface area contributed by atoms with Gasteiger partial charge in [-0.3, -0.25) is 9.00 Å². The molecule has 1 fully saturated rings. The van der Waals surface area contributed by atoms with E-state index in [1.807, 2.05) is 32.2 Å². The van der Waals surface area contributed by atoms with Crippen LogP contribution in [0.1, 0.15) is 28.8 Å². The Morgan fingerprint density at radius 3 is 2.63 bits per heavy atom. The SMILES string of the molecule is CNc1cc(C)ccc1C(=O)NC1CCS(=O)CC1. The third-order valence-electron chi connectivity index (χ3n) is 3.41. The minimum Gasteiger partial charge on any atom is -0.387 e. The van der Waals surface area contributed by atoms with Crippen molar-refractivity contribution in [2.45, 2.75) is 25.8 Å². The zero-order valence-corrected chi connectivity index (χ0v) is 12.2. The van der Waals surface area contributed by atoms with Crippen LogP contribution in [0.3, 0.4) is 0 Å². The molecule has 1 aliphatic heterocycles. The molecule has 1 saturated heterocycles. The highest BCUT2D eigenvalue weighted by molar-refractivity contribution is 7.85. The molecule has 0 aromatic heterocycles. The number of carbonyl (C=O) groups excluding carboxylic acids is 1. The molecule has 4 nitrogen and oxygen atoms in total. The Morgan fingerprint density at radius 2 is 2.00 bits per heavy atom. The monoisotopic (exact) mass is 280 g/mol. The van der Waals surface area contributed by atoms with Gasteiger partial charge >= 0.3 is 0 Å². The molecule has 104 valence electrons. The summed E-state index contributed by atoms with van der Waals surface area (Å²) < 4.78 is 11.3. The molecular weight excluding hydrogens is 260 g/mol. The van der Waals surface area contributed by atoms with E-state index in [9.17, 15) is 9.00 Å². The van der Waals surface area contributed by atoms with Gasteiger partial charge in [-0.05, 0) is 37.5 Å². The van der Waals surface area contributed by atoms with Crippen molar-refractivity contribution in [3.63, 3.8) is 0 Å². The van der Waals surface area contributed by atoms with Gasteiger partial charge in [0, 0.05) is 41.1 Å². The topological polar surface area (TPSA) is 58.2 Å². The quantitative estimate of drug-likeness (QED) is 0.885. The summed E-state index contributed by atoms with van der Waals surface area (Å²) in [6.45, 7) is 2.00. The van der Waals surface area contributed by atoms with Gasteiger partial charge in [-0.15, -0.1) is 0 Å². The fourth-order valence-electron chi connectivity index (χ4n) is 2.26. The normalized spacial score (nSPS) is 22.8. The predicted octanol–water partition coefficient (Wildman–Crippen LogP) is 1.68. The van der Waals surface area contributed by atoms with Crippen molar-refractivity contribution in [1.82, 2.24) is 5.32 Å². The van der Waals surface area contributed by atoms with Crippen LogP contribution in [0, 0.1) is 6.92 Å². The number of hydrogen-bond acceptors (Lipinski definition) is 3. The van der Waals surface area contributed by atoms with E-state index < -0.39 is 10.8 Å². The molecule has 19 heavy (non-hydrogen) atoms. The fourth-order valence-corrected chi connectivity index (χ4v) is 3.56. The highest BCUT2D eigenvalue weighted by Crippen LogP contribution is 2.18. The number of benzene rings is 1. The Bertz CT molecular complexity index is 492. The third-order valence-corrected chi connectivity index (χ3v) is 4.79. The maximum absolute atomic E-state index is 12.3. The number of nitrogens with one attached hydrogen (secondary N) is 2. The van der Waals surface area contributed by atoms with Gasteiger partial charge in [-0.2, -0.15) is 0 Å². The highest BCUT2D eigenvalue weighted by Gasteiger charge is 2.21. The average Bonchev–Trinajstić information content (AvgIpc) is 2.41. The number of aryl methyl sites for hydroxylation is 1. The Hall–Kier alpha value is -1.36. The first-order chi connectivity index (χ1) is 9.10. The van der Waals surface area contributed by atoms with Crippen LogP contribution in [-0.2, 0) is 10.8 Å². The zero-order chi connectivity index (χ0) is 13.8. The summed E-state index contributed by atoms with van der Waals surface area (Å²) in [5.41, 5.74) is 2.63. The van der Waals surface area contributed by atoms with Gasteiger partial charge in [-0.1, -0.05) is 6.07 Å². The Morgan fingerprint density at radius 1 is 1.32 bits per heavy atom. The smallest absolute Gasteiger partial charge is 0.253 e. The first-order valence-electron chi connectivity index (χ1n) is 6.54. The van der Waals surface area contributed by atoms with Crippen LogP contribution in [0.2, 0.25) is 0 Å². The summed E-state index contributed by atoms with van der Waals surface area (Å²) in [4.78, 5) is 12.3. The summed E-state index contributed by atoms with van der Waals surface area (Å²) >= 11 is 0. The maximum atomic E-state index is 12.3. The molecule has 1 aliphatic rings. The molecule has 1 heterocycles. The van der Waals surface area contributed by atoms with Gasteiger partial charge in [0.2, 0.25) is 0 Å². The van der Waals surface area contributed by atoms with Gasteiger partial charge in [0.05, 0.1) is 5.56 Å². The van der Waals surface area contributed by atoms with Crippen molar-refractivity contribution in [3.8, 4) is 0 Å². The summed E-state index contributed by atoms with van der Waals surface area (Å²) in [7, 11) is 1.12. The lowest BCUT2D eigenvalue weighted by molar-refractivity contribution is 0.0935. The van der Waals surface area contributed by atoms with Crippen LogP contribution in [0.15, 0.2) is 18.2 Å². The lowest BCUT2D eigenvalue weighted by atomic mass is 10.1. The molecule has 1 amide bonds. The number of rotatable bonds is 3. The van der Waals surface area contributed by atoms with Crippen LogP contribution in [0.25, 0.3) is 0 Å². The van der Waals surface area contributed by atoms with Gasteiger partial charge in [0.25, 0.3) is 5.91 Å². The van der Waals surface area contributed by atoms with Crippen molar-refractivity contribution in [1.29, 1.82) is 0 Å². The van der Waals surface area contributed by atoms with Crippen molar-refractivity contribution in [2.75, 3.05) is 23.9 Å². The van der Waals surface area contributed by atoms with Crippen molar-refractivity contribution < 1.29 is 9.00 Å². The van der Waals surface area contributed by atoms with E-state index in [1.54, 1.807) is 0 Å². The van der Waals surface area contributed by atoms with E-state index in [4.69, 9.17) is 0 Å². The molecule has 5 heteroatoms. The largest absolute Gasteiger partial charge is 0.387 e. The third kappa shape index (κ3) is 3.56. The molecule has 1 aromatic rings. The first kappa shape index (κ1) is 14.1. The van der Waals surface area contributed by atoms with Gasteiger partial charge in [0.15, 0.2) is 0 Å². The van der Waals surface area contributed by atoms with Crippen molar-refractivity contribution in [2.24, 2.45) is 0 Å². The van der Waals surface area contributed by atoms with E-state index >= 15 is 0 Å². The van der Waals surface area contributed by atoms with Crippen LogP contribution in [0.5, 0.6) is 0 Å². The van der Waals surface area contributed by atoms with E-state index in [0.717, 1.165) is 24.1 Å². The zero-order valence-electron chi connectivity index (χ0n) is 11.4. The number of amides is 1. The highest BCUT2D eigenvalue weighted by atomic mass is 32.2. The molecule has 2 N–H and O–H groups in total. The molecule has 0 spiro atoms. The summed E-state index contributed by atoms with van der Waals surface area (Å²) in [6.07, 6.45) is 1.61. The second kappa shape index (κ2) is 6.19. The number of hydrogen-bond donors (Lipinski definition) is 2. The lowest BCUT2D eigenvalue weighted by Crippen LogP contribution is -2.39. The van der Waals surface area contributed by atoms with Crippen LogP contribution in [-0.4, -0.2) is 34.7 Å². The minimum absolute atomic E-state index is 0.0537. The van der Waals surface area contributed by atoms with E-state index in [2.05, 4.69) is 10.6 Å². The molecule has 0 unspecified atom stereocenters. The van der Waals surface area contributed by atoms with Crippen molar-refractivity contribution in [3.05, 3.63) is 29.3 Å². The van der Waals surface area contributed by atoms with Gasteiger partial charge < -0.3 is 10.6 Å². The van der Waals surface area contributed by atoms with Crippen molar-refractivity contribution >= 4 is 22.4 Å². The Balaban J connectivity index is 2.05. The van der Waals surface area contributed by atoms with E-state index in [1.165, 1.54) is 0 Å². The Labute approximate surface area is 116 Å². The molecule has 0 saturated carbocycles. The predicted molar refractivity (Wildman–Crippen MR) is 79.1 cm³/mol. The lowest BCUT2D eigenvalue weighted by Gasteiger charge is -2.23.